The normalized spacial score (nSPS) is 10.6. The molecule has 0 unspecified atom stereocenters. The summed E-state index contributed by atoms with van der Waals surface area (Å²) in [7, 11) is 3.17. The van der Waals surface area contributed by atoms with E-state index in [0.29, 0.717) is 30.2 Å². The maximum atomic E-state index is 12.4. The zero-order valence-electron chi connectivity index (χ0n) is 18.3. The van der Waals surface area contributed by atoms with E-state index in [2.05, 4.69) is 10.4 Å². The summed E-state index contributed by atoms with van der Waals surface area (Å²) in [5.41, 5.74) is 4.46. The van der Waals surface area contributed by atoms with Crippen LogP contribution in [-0.4, -0.2) is 36.5 Å². The molecule has 1 amide bonds. The van der Waals surface area contributed by atoms with Gasteiger partial charge in [0.05, 0.1) is 19.9 Å². The molecule has 0 atom stereocenters. The van der Waals surface area contributed by atoms with Gasteiger partial charge in [-0.25, -0.2) is 4.68 Å². The summed E-state index contributed by atoms with van der Waals surface area (Å²) in [5.74, 6) is 1.03. The van der Waals surface area contributed by atoms with Crippen LogP contribution in [0.1, 0.15) is 16.7 Å². The average molecular weight is 421 g/mol. The minimum absolute atomic E-state index is 0.135. The number of hydrogen-bond donors (Lipinski definition) is 1. The van der Waals surface area contributed by atoms with Crippen molar-refractivity contribution in [3.8, 4) is 22.8 Å². The summed E-state index contributed by atoms with van der Waals surface area (Å²) in [6.45, 7) is 4.29. The number of aromatic nitrogens is 2. The molecule has 1 aromatic heterocycles. The van der Waals surface area contributed by atoms with Gasteiger partial charge in [-0.15, -0.1) is 0 Å². The van der Waals surface area contributed by atoms with E-state index in [0.717, 1.165) is 22.3 Å². The zero-order chi connectivity index (χ0) is 22.4. The van der Waals surface area contributed by atoms with Crippen molar-refractivity contribution in [2.24, 2.45) is 0 Å². The second-order valence-corrected chi connectivity index (χ2v) is 7.32. The lowest BCUT2D eigenvalue weighted by molar-refractivity contribution is -0.121. The van der Waals surface area contributed by atoms with Crippen LogP contribution in [-0.2, 0) is 17.8 Å². The molecule has 2 aromatic carbocycles. The smallest absolute Gasteiger partial charge is 0.267 e. The van der Waals surface area contributed by atoms with Gasteiger partial charge in [0.2, 0.25) is 5.91 Å². The predicted molar refractivity (Wildman–Crippen MR) is 120 cm³/mol. The standard InChI is InChI=1S/C24H27N3O4/c1-16-5-6-17(2)19(13-16)20-8-10-24(29)27(26-20)15-23(28)25-12-11-18-7-9-21(30-3)22(14-18)31-4/h5-10,13-14H,11-12,15H2,1-4H3,(H,25,28). The molecule has 0 aliphatic rings. The second-order valence-electron chi connectivity index (χ2n) is 7.32. The highest BCUT2D eigenvalue weighted by Crippen LogP contribution is 2.27. The molecule has 1 N–H and O–H groups in total. The summed E-state index contributed by atoms with van der Waals surface area (Å²) in [6.07, 6.45) is 0.622. The van der Waals surface area contributed by atoms with Crippen LogP contribution in [0.2, 0.25) is 0 Å². The third-order valence-electron chi connectivity index (χ3n) is 5.01. The monoisotopic (exact) mass is 421 g/mol. The third-order valence-corrected chi connectivity index (χ3v) is 5.01. The van der Waals surface area contributed by atoms with E-state index in [1.807, 2.05) is 50.2 Å². The lowest BCUT2D eigenvalue weighted by atomic mass is 10.0. The number of carbonyl (C=O) groups excluding carboxylic acids is 1. The SMILES string of the molecule is COc1ccc(CCNC(=O)Cn2nc(-c3cc(C)ccc3C)ccc2=O)cc1OC. The molecule has 7 heteroatoms. The van der Waals surface area contributed by atoms with Gasteiger partial charge in [0.1, 0.15) is 6.54 Å². The van der Waals surface area contributed by atoms with Gasteiger partial charge in [0.25, 0.3) is 5.56 Å². The van der Waals surface area contributed by atoms with Gasteiger partial charge >= 0.3 is 0 Å². The predicted octanol–water partition coefficient (Wildman–Crippen LogP) is 2.90. The number of amides is 1. The number of hydrogen-bond acceptors (Lipinski definition) is 5. The molecular formula is C24H27N3O4. The van der Waals surface area contributed by atoms with Gasteiger partial charge in [-0.1, -0.05) is 23.8 Å². The number of nitrogens with one attached hydrogen (secondary N) is 1. The van der Waals surface area contributed by atoms with Crippen molar-refractivity contribution in [3.63, 3.8) is 0 Å². The first kappa shape index (κ1) is 22.1. The Morgan fingerprint density at radius 2 is 1.77 bits per heavy atom. The minimum Gasteiger partial charge on any atom is -0.493 e. The van der Waals surface area contributed by atoms with Crippen LogP contribution in [0.15, 0.2) is 53.3 Å². The van der Waals surface area contributed by atoms with Crippen molar-refractivity contribution in [1.29, 1.82) is 0 Å². The molecule has 7 nitrogen and oxygen atoms in total. The molecule has 31 heavy (non-hydrogen) atoms. The Morgan fingerprint density at radius 1 is 1.00 bits per heavy atom. The lowest BCUT2D eigenvalue weighted by Crippen LogP contribution is -2.34. The molecule has 0 spiro atoms. The molecular weight excluding hydrogens is 394 g/mol. The highest BCUT2D eigenvalue weighted by molar-refractivity contribution is 5.75. The quantitative estimate of drug-likeness (QED) is 0.605. The molecule has 0 saturated carbocycles. The molecule has 1 heterocycles. The Bertz CT molecular complexity index is 1140. The van der Waals surface area contributed by atoms with Crippen LogP contribution in [0.4, 0.5) is 0 Å². The highest BCUT2D eigenvalue weighted by Gasteiger charge is 2.10. The first-order valence-corrected chi connectivity index (χ1v) is 10.0. The van der Waals surface area contributed by atoms with Crippen molar-refractivity contribution in [2.45, 2.75) is 26.8 Å². The number of carbonyl (C=O) groups is 1. The van der Waals surface area contributed by atoms with Crippen molar-refractivity contribution in [2.75, 3.05) is 20.8 Å². The summed E-state index contributed by atoms with van der Waals surface area (Å²) in [6, 6.07) is 14.8. The fraction of sp³-hybridized carbons (Fsp3) is 0.292. The Kier molecular flexibility index (Phi) is 7.07. The average Bonchev–Trinajstić information content (AvgIpc) is 2.77. The van der Waals surface area contributed by atoms with Crippen molar-refractivity contribution in [1.82, 2.24) is 15.1 Å². The van der Waals surface area contributed by atoms with Crippen LogP contribution in [0, 0.1) is 13.8 Å². The molecule has 0 saturated heterocycles. The van der Waals surface area contributed by atoms with Gasteiger partial charge in [-0.05, 0) is 55.7 Å². The number of benzene rings is 2. The Morgan fingerprint density at radius 3 is 2.52 bits per heavy atom. The fourth-order valence-electron chi connectivity index (χ4n) is 3.29. The lowest BCUT2D eigenvalue weighted by Gasteiger charge is -2.11. The van der Waals surface area contributed by atoms with Crippen molar-refractivity contribution < 1.29 is 14.3 Å². The van der Waals surface area contributed by atoms with E-state index in [1.54, 1.807) is 20.3 Å². The number of rotatable bonds is 8. The largest absolute Gasteiger partial charge is 0.493 e. The Balaban J connectivity index is 1.64. The number of nitrogens with zero attached hydrogens (tertiary/aromatic N) is 2. The first-order valence-electron chi connectivity index (χ1n) is 10.0. The number of ether oxygens (including phenoxy) is 2. The van der Waals surface area contributed by atoms with Crippen LogP contribution in [0.5, 0.6) is 11.5 Å². The van der Waals surface area contributed by atoms with Gasteiger partial charge < -0.3 is 14.8 Å². The van der Waals surface area contributed by atoms with Gasteiger partial charge in [-0.2, -0.15) is 5.10 Å². The molecule has 0 fully saturated rings. The minimum atomic E-state index is -0.316. The van der Waals surface area contributed by atoms with E-state index >= 15 is 0 Å². The van der Waals surface area contributed by atoms with E-state index < -0.39 is 0 Å². The van der Waals surface area contributed by atoms with Gasteiger partial charge in [0.15, 0.2) is 11.5 Å². The number of methoxy groups -OCH3 is 2. The number of aryl methyl sites for hydroxylation is 2. The third kappa shape index (κ3) is 5.51. The molecule has 0 aliphatic heterocycles. The van der Waals surface area contributed by atoms with Crippen LogP contribution >= 0.6 is 0 Å². The van der Waals surface area contributed by atoms with E-state index in [4.69, 9.17) is 9.47 Å². The topological polar surface area (TPSA) is 82.5 Å². The Hall–Kier alpha value is -3.61. The van der Waals surface area contributed by atoms with Crippen molar-refractivity contribution >= 4 is 5.91 Å². The summed E-state index contributed by atoms with van der Waals surface area (Å²) in [4.78, 5) is 24.6. The summed E-state index contributed by atoms with van der Waals surface area (Å²) >= 11 is 0. The first-order chi connectivity index (χ1) is 14.9. The van der Waals surface area contributed by atoms with Crippen LogP contribution in [0.25, 0.3) is 11.3 Å². The van der Waals surface area contributed by atoms with E-state index in [1.165, 1.54) is 10.7 Å². The van der Waals surface area contributed by atoms with Gasteiger partial charge in [-0.3, -0.25) is 9.59 Å². The van der Waals surface area contributed by atoms with E-state index in [-0.39, 0.29) is 18.0 Å². The summed E-state index contributed by atoms with van der Waals surface area (Å²) < 4.78 is 11.7. The van der Waals surface area contributed by atoms with E-state index in [9.17, 15) is 9.59 Å². The molecule has 0 aliphatic carbocycles. The maximum Gasteiger partial charge on any atom is 0.267 e. The van der Waals surface area contributed by atoms with Crippen molar-refractivity contribution in [3.05, 3.63) is 75.6 Å². The Labute approximate surface area is 181 Å². The zero-order valence-corrected chi connectivity index (χ0v) is 18.3. The fourth-order valence-corrected chi connectivity index (χ4v) is 3.29. The molecule has 0 bridgehead atoms. The second kappa shape index (κ2) is 9.93. The molecule has 0 radical (unpaired) electrons. The molecule has 162 valence electrons. The summed E-state index contributed by atoms with van der Waals surface area (Å²) in [5, 5.41) is 7.25. The molecule has 3 rings (SSSR count). The van der Waals surface area contributed by atoms with Crippen LogP contribution < -0.4 is 20.3 Å². The molecule has 3 aromatic rings. The highest BCUT2D eigenvalue weighted by atomic mass is 16.5. The maximum absolute atomic E-state index is 12.4. The van der Waals surface area contributed by atoms with Crippen LogP contribution in [0.3, 0.4) is 0 Å². The van der Waals surface area contributed by atoms with Gasteiger partial charge in [0, 0.05) is 18.2 Å².